The molecule has 4 heteroatoms. The zero-order valence-corrected chi connectivity index (χ0v) is 11.6. The summed E-state index contributed by atoms with van der Waals surface area (Å²) in [4.78, 5) is 0. The van der Waals surface area contributed by atoms with Crippen LogP contribution in [-0.4, -0.2) is 0 Å². The van der Waals surface area contributed by atoms with Crippen molar-refractivity contribution in [2.75, 3.05) is 0 Å². The predicted octanol–water partition coefficient (Wildman–Crippen LogP) is 5.32. The summed E-state index contributed by atoms with van der Waals surface area (Å²) in [6.45, 7) is 5.24. The van der Waals surface area contributed by atoms with Crippen molar-refractivity contribution in [1.82, 2.24) is 0 Å². The van der Waals surface area contributed by atoms with Crippen LogP contribution in [0.25, 0.3) is 5.57 Å². The van der Waals surface area contributed by atoms with Crippen LogP contribution in [0.2, 0.25) is 0 Å². The van der Waals surface area contributed by atoms with E-state index < -0.39 is 11.7 Å². The van der Waals surface area contributed by atoms with Gasteiger partial charge >= 0.3 is 6.18 Å². The Bertz CT molecular complexity index is 630. The van der Waals surface area contributed by atoms with Crippen LogP contribution in [0.15, 0.2) is 55.1 Å². The highest BCUT2D eigenvalue weighted by atomic mass is 19.4. The molecular weight excluding hydrogens is 277 g/mol. The molecule has 0 unspecified atom stereocenters. The van der Waals surface area contributed by atoms with Crippen molar-refractivity contribution in [3.8, 4) is 5.75 Å². The maximum atomic E-state index is 13.3. The van der Waals surface area contributed by atoms with Crippen molar-refractivity contribution >= 4 is 5.57 Å². The smallest absolute Gasteiger partial charge is 0.420 e. The van der Waals surface area contributed by atoms with E-state index in [9.17, 15) is 13.2 Å². The molecule has 110 valence electrons. The quantitative estimate of drug-likeness (QED) is 0.741. The van der Waals surface area contributed by atoms with Gasteiger partial charge in [-0.15, -0.1) is 0 Å². The van der Waals surface area contributed by atoms with E-state index in [0.29, 0.717) is 5.57 Å². The molecule has 0 aliphatic heterocycles. The summed E-state index contributed by atoms with van der Waals surface area (Å²) in [7, 11) is 0. The highest BCUT2D eigenvalue weighted by Crippen LogP contribution is 2.41. The molecule has 2 aromatic rings. The Hall–Kier alpha value is -2.23. The summed E-state index contributed by atoms with van der Waals surface area (Å²) in [5.74, 6) is -0.174. The zero-order chi connectivity index (χ0) is 15.5. The molecule has 0 aliphatic carbocycles. The summed E-state index contributed by atoms with van der Waals surface area (Å²) in [6.07, 6.45) is -4.48. The van der Waals surface area contributed by atoms with E-state index in [1.165, 1.54) is 12.1 Å². The second-order valence-electron chi connectivity index (χ2n) is 4.73. The highest BCUT2D eigenvalue weighted by Gasteiger charge is 2.37. The highest BCUT2D eigenvalue weighted by molar-refractivity contribution is 5.67. The van der Waals surface area contributed by atoms with E-state index in [1.54, 1.807) is 25.1 Å². The van der Waals surface area contributed by atoms with Gasteiger partial charge in [-0.1, -0.05) is 54.6 Å². The molecule has 2 aromatic carbocycles. The molecule has 21 heavy (non-hydrogen) atoms. The fraction of sp³-hybridized carbons (Fsp3) is 0.176. The molecular formula is C17H15F3O. The van der Waals surface area contributed by atoms with Crippen molar-refractivity contribution < 1.29 is 17.9 Å². The lowest BCUT2D eigenvalue weighted by Crippen LogP contribution is -2.11. The van der Waals surface area contributed by atoms with Crippen LogP contribution < -0.4 is 4.74 Å². The van der Waals surface area contributed by atoms with Gasteiger partial charge < -0.3 is 4.74 Å². The minimum absolute atomic E-state index is 0.0630. The van der Waals surface area contributed by atoms with E-state index >= 15 is 0 Å². The molecule has 0 spiro atoms. The molecule has 0 saturated carbocycles. The van der Waals surface area contributed by atoms with Crippen LogP contribution in [0.3, 0.4) is 0 Å². The number of ether oxygens (including phenoxy) is 1. The Balaban J connectivity index is 2.35. The number of hydrogen-bond acceptors (Lipinski definition) is 1. The lowest BCUT2D eigenvalue weighted by Gasteiger charge is -2.18. The topological polar surface area (TPSA) is 9.23 Å². The van der Waals surface area contributed by atoms with Crippen molar-refractivity contribution in [2.45, 2.75) is 19.7 Å². The molecule has 0 N–H and O–H groups in total. The first-order valence-electron chi connectivity index (χ1n) is 6.42. The second-order valence-corrected chi connectivity index (χ2v) is 4.73. The molecule has 0 bridgehead atoms. The van der Waals surface area contributed by atoms with Gasteiger partial charge in [0.15, 0.2) is 0 Å². The maximum Gasteiger partial charge on any atom is 0.420 e. The van der Waals surface area contributed by atoms with Crippen LogP contribution in [0.1, 0.15) is 23.6 Å². The average molecular weight is 292 g/mol. The number of rotatable bonds is 4. The number of benzene rings is 2. The van der Waals surface area contributed by atoms with Gasteiger partial charge in [0.1, 0.15) is 17.9 Å². The van der Waals surface area contributed by atoms with Gasteiger partial charge in [0.25, 0.3) is 0 Å². The predicted molar refractivity (Wildman–Crippen MR) is 76.9 cm³/mol. The van der Waals surface area contributed by atoms with Crippen LogP contribution in [0.4, 0.5) is 13.2 Å². The van der Waals surface area contributed by atoms with E-state index in [0.717, 1.165) is 5.56 Å². The Morgan fingerprint density at radius 3 is 2.29 bits per heavy atom. The first-order chi connectivity index (χ1) is 9.89. The molecule has 2 rings (SSSR count). The van der Waals surface area contributed by atoms with Gasteiger partial charge in [-0.2, -0.15) is 13.2 Å². The van der Waals surface area contributed by atoms with Crippen molar-refractivity contribution in [3.63, 3.8) is 0 Å². The Labute approximate surface area is 121 Å². The van der Waals surface area contributed by atoms with Crippen LogP contribution in [0, 0.1) is 0 Å². The van der Waals surface area contributed by atoms with E-state index in [4.69, 9.17) is 4.74 Å². The Morgan fingerprint density at radius 1 is 1.05 bits per heavy atom. The van der Waals surface area contributed by atoms with Gasteiger partial charge in [-0.3, -0.25) is 0 Å². The maximum absolute atomic E-state index is 13.3. The molecule has 0 amide bonds. The zero-order valence-electron chi connectivity index (χ0n) is 11.6. The van der Waals surface area contributed by atoms with Gasteiger partial charge in [0.2, 0.25) is 0 Å². The number of allylic oxidation sites excluding steroid dienone is 1. The molecule has 0 heterocycles. The SMILES string of the molecule is C=C(C)c1cccc(OCc2ccccc2)c1C(F)(F)F. The first-order valence-corrected chi connectivity index (χ1v) is 6.42. The minimum Gasteiger partial charge on any atom is -0.488 e. The Kier molecular flexibility index (Phi) is 4.36. The molecule has 0 atom stereocenters. The molecule has 1 nitrogen and oxygen atoms in total. The third-order valence-electron chi connectivity index (χ3n) is 3.01. The van der Waals surface area contributed by atoms with E-state index in [-0.39, 0.29) is 17.9 Å². The number of alkyl halides is 3. The largest absolute Gasteiger partial charge is 0.488 e. The van der Waals surface area contributed by atoms with Crippen molar-refractivity contribution in [2.24, 2.45) is 0 Å². The third-order valence-corrected chi connectivity index (χ3v) is 3.01. The van der Waals surface area contributed by atoms with Gasteiger partial charge in [0.05, 0.1) is 0 Å². The minimum atomic E-state index is -4.48. The third kappa shape index (κ3) is 3.66. The van der Waals surface area contributed by atoms with Gasteiger partial charge in [0, 0.05) is 0 Å². The van der Waals surface area contributed by atoms with Crippen LogP contribution in [-0.2, 0) is 12.8 Å². The Morgan fingerprint density at radius 2 is 1.71 bits per heavy atom. The lowest BCUT2D eigenvalue weighted by atomic mass is 10.0. The lowest BCUT2D eigenvalue weighted by molar-refractivity contribution is -0.139. The van der Waals surface area contributed by atoms with Crippen LogP contribution in [0.5, 0.6) is 5.75 Å². The summed E-state index contributed by atoms with van der Waals surface area (Å²) in [5.41, 5.74) is 0.459. The van der Waals surface area contributed by atoms with Gasteiger partial charge in [-0.25, -0.2) is 0 Å². The molecule has 0 radical (unpaired) electrons. The summed E-state index contributed by atoms with van der Waals surface area (Å²) < 4.78 is 45.2. The van der Waals surface area contributed by atoms with E-state index in [1.807, 2.05) is 18.2 Å². The van der Waals surface area contributed by atoms with Crippen molar-refractivity contribution in [3.05, 3.63) is 71.8 Å². The number of halogens is 3. The monoisotopic (exact) mass is 292 g/mol. The molecule has 0 aliphatic rings. The summed E-state index contributed by atoms with van der Waals surface area (Å²) in [5, 5.41) is 0. The second kappa shape index (κ2) is 6.04. The van der Waals surface area contributed by atoms with E-state index in [2.05, 4.69) is 6.58 Å². The molecule has 0 saturated heterocycles. The molecule has 0 aromatic heterocycles. The summed E-state index contributed by atoms with van der Waals surface area (Å²) in [6, 6.07) is 13.3. The van der Waals surface area contributed by atoms with Crippen molar-refractivity contribution in [1.29, 1.82) is 0 Å². The normalized spacial score (nSPS) is 11.2. The van der Waals surface area contributed by atoms with Gasteiger partial charge in [-0.05, 0) is 24.1 Å². The summed E-state index contributed by atoms with van der Waals surface area (Å²) >= 11 is 0. The fourth-order valence-corrected chi connectivity index (χ4v) is 2.03. The number of hydrogen-bond donors (Lipinski definition) is 0. The standard InChI is InChI=1S/C17H15F3O/c1-12(2)14-9-6-10-15(16(14)17(18,19)20)21-11-13-7-4-3-5-8-13/h3-10H,1,11H2,2H3. The first kappa shape index (κ1) is 15.2. The average Bonchev–Trinajstić information content (AvgIpc) is 2.44. The molecule has 0 fully saturated rings. The fourth-order valence-electron chi connectivity index (χ4n) is 2.03. The van der Waals surface area contributed by atoms with Crippen LogP contribution >= 0.6 is 0 Å².